The van der Waals surface area contributed by atoms with Crippen LogP contribution in [0.4, 0.5) is 0 Å². The summed E-state index contributed by atoms with van der Waals surface area (Å²) in [6, 6.07) is 5.98. The molecule has 1 aliphatic rings. The third-order valence-corrected chi connectivity index (χ3v) is 4.55. The van der Waals surface area contributed by atoms with Crippen LogP contribution in [0, 0.1) is 5.92 Å². The van der Waals surface area contributed by atoms with E-state index >= 15 is 0 Å². The normalized spacial score (nSPS) is 18.0. The highest BCUT2D eigenvalue weighted by Gasteiger charge is 2.29. The molecule has 17 heavy (non-hydrogen) atoms. The lowest BCUT2D eigenvalue weighted by atomic mass is 10.2. The van der Waals surface area contributed by atoms with Crippen molar-refractivity contribution in [3.8, 4) is 0 Å². The molecule has 0 heterocycles. The Balaban J connectivity index is 2.00. The number of nitrogens with two attached hydrogens (primary N) is 1. The Hall–Kier alpha value is -0.620. The van der Waals surface area contributed by atoms with Crippen LogP contribution in [-0.2, 0) is 10.0 Å². The summed E-state index contributed by atoms with van der Waals surface area (Å²) in [4.78, 5) is 0.213. The van der Waals surface area contributed by atoms with Crippen molar-refractivity contribution < 1.29 is 8.42 Å². The number of nitrogens with one attached hydrogen (secondary N) is 1. The predicted molar refractivity (Wildman–Crippen MR) is 67.3 cm³/mol. The van der Waals surface area contributed by atoms with Gasteiger partial charge in [0.2, 0.25) is 10.0 Å². The molecule has 1 fully saturated rings. The Kier molecular flexibility index (Phi) is 3.73. The highest BCUT2D eigenvalue weighted by atomic mass is 35.5. The number of benzene rings is 1. The van der Waals surface area contributed by atoms with Crippen molar-refractivity contribution in [1.82, 2.24) is 4.72 Å². The molecule has 3 N–H and O–H groups in total. The summed E-state index contributed by atoms with van der Waals surface area (Å²) in [6.45, 7) is 0.287. The van der Waals surface area contributed by atoms with E-state index in [0.29, 0.717) is 10.9 Å². The molecule has 0 amide bonds. The molecular formula is C11H15ClN2O2S. The molecule has 0 spiro atoms. The van der Waals surface area contributed by atoms with Crippen LogP contribution in [0.3, 0.4) is 0 Å². The summed E-state index contributed by atoms with van der Waals surface area (Å²) >= 11 is 5.70. The van der Waals surface area contributed by atoms with Gasteiger partial charge in [0, 0.05) is 17.6 Å². The van der Waals surface area contributed by atoms with Crippen molar-refractivity contribution >= 4 is 21.6 Å². The molecule has 2 rings (SSSR count). The van der Waals surface area contributed by atoms with Gasteiger partial charge >= 0.3 is 0 Å². The van der Waals surface area contributed by atoms with Crippen LogP contribution in [-0.4, -0.2) is 21.0 Å². The van der Waals surface area contributed by atoms with E-state index in [4.69, 9.17) is 17.3 Å². The molecule has 1 aliphatic carbocycles. The summed E-state index contributed by atoms with van der Waals surface area (Å²) in [7, 11) is -3.47. The molecule has 0 aromatic heterocycles. The Bertz CT molecular complexity index is 483. The quantitative estimate of drug-likeness (QED) is 0.851. The van der Waals surface area contributed by atoms with Crippen LogP contribution in [0.1, 0.15) is 12.8 Å². The van der Waals surface area contributed by atoms with Gasteiger partial charge in [0.05, 0.1) is 4.90 Å². The average molecular weight is 275 g/mol. The van der Waals surface area contributed by atoms with E-state index < -0.39 is 10.0 Å². The van der Waals surface area contributed by atoms with Gasteiger partial charge in [-0.05, 0) is 43.0 Å². The van der Waals surface area contributed by atoms with E-state index in [0.717, 1.165) is 12.8 Å². The Morgan fingerprint density at radius 1 is 1.35 bits per heavy atom. The van der Waals surface area contributed by atoms with Gasteiger partial charge in [-0.3, -0.25) is 0 Å². The van der Waals surface area contributed by atoms with Crippen LogP contribution in [0.25, 0.3) is 0 Å². The molecule has 1 aromatic carbocycles. The maximum Gasteiger partial charge on any atom is 0.240 e. The van der Waals surface area contributed by atoms with Crippen molar-refractivity contribution in [3.63, 3.8) is 0 Å². The Morgan fingerprint density at radius 2 is 1.94 bits per heavy atom. The van der Waals surface area contributed by atoms with Crippen molar-refractivity contribution in [2.45, 2.75) is 23.8 Å². The molecule has 1 atom stereocenters. The third-order valence-electron chi connectivity index (χ3n) is 2.86. The minimum absolute atomic E-state index is 0.0860. The van der Waals surface area contributed by atoms with E-state index in [2.05, 4.69) is 4.72 Å². The molecule has 1 saturated carbocycles. The second kappa shape index (κ2) is 4.94. The third kappa shape index (κ3) is 3.42. The van der Waals surface area contributed by atoms with E-state index in [1.165, 1.54) is 12.1 Å². The van der Waals surface area contributed by atoms with Crippen molar-refractivity contribution in [2.24, 2.45) is 11.7 Å². The lowest BCUT2D eigenvalue weighted by Crippen LogP contribution is -2.38. The molecule has 0 bridgehead atoms. The number of sulfonamides is 1. The summed E-state index contributed by atoms with van der Waals surface area (Å²) in [5, 5.41) is 0.513. The highest BCUT2D eigenvalue weighted by Crippen LogP contribution is 2.31. The van der Waals surface area contributed by atoms with Gasteiger partial charge in [-0.1, -0.05) is 11.6 Å². The van der Waals surface area contributed by atoms with Gasteiger partial charge in [0.25, 0.3) is 0 Å². The van der Waals surface area contributed by atoms with Gasteiger partial charge in [-0.25, -0.2) is 13.1 Å². The first-order valence-corrected chi connectivity index (χ1v) is 7.36. The smallest absolute Gasteiger partial charge is 0.240 e. The maximum atomic E-state index is 11.9. The summed E-state index contributed by atoms with van der Waals surface area (Å²) in [6.07, 6.45) is 2.20. The molecule has 4 nitrogen and oxygen atoms in total. The predicted octanol–water partition coefficient (Wildman–Crippen LogP) is 1.36. The van der Waals surface area contributed by atoms with Gasteiger partial charge in [-0.2, -0.15) is 0 Å². The monoisotopic (exact) mass is 274 g/mol. The number of rotatable bonds is 5. The Labute approximate surface area is 106 Å². The van der Waals surface area contributed by atoms with E-state index in [1.54, 1.807) is 12.1 Å². The fourth-order valence-electron chi connectivity index (χ4n) is 1.59. The zero-order valence-electron chi connectivity index (χ0n) is 9.27. The SMILES string of the molecule is NC(CNS(=O)(=O)c1ccc(Cl)cc1)C1CC1. The summed E-state index contributed by atoms with van der Waals surface area (Å²) in [5.74, 6) is 0.475. The van der Waals surface area contributed by atoms with Crippen LogP contribution in [0.15, 0.2) is 29.2 Å². The first-order chi connectivity index (χ1) is 7.99. The fraction of sp³-hybridized carbons (Fsp3) is 0.455. The molecule has 1 aromatic rings. The van der Waals surface area contributed by atoms with Crippen LogP contribution in [0.2, 0.25) is 5.02 Å². The molecule has 1 unspecified atom stereocenters. The average Bonchev–Trinajstić information content (AvgIpc) is 3.10. The summed E-state index contributed by atoms with van der Waals surface area (Å²) in [5.41, 5.74) is 5.84. The van der Waals surface area contributed by atoms with Gasteiger partial charge in [0.1, 0.15) is 0 Å². The zero-order valence-corrected chi connectivity index (χ0v) is 10.8. The largest absolute Gasteiger partial charge is 0.326 e. The molecule has 6 heteroatoms. The number of halogens is 1. The highest BCUT2D eigenvalue weighted by molar-refractivity contribution is 7.89. The van der Waals surface area contributed by atoms with Crippen LogP contribution >= 0.6 is 11.6 Å². The first-order valence-electron chi connectivity index (χ1n) is 5.50. The van der Waals surface area contributed by atoms with E-state index in [-0.39, 0.29) is 17.5 Å². The molecular weight excluding hydrogens is 260 g/mol. The van der Waals surface area contributed by atoms with Crippen molar-refractivity contribution in [2.75, 3.05) is 6.54 Å². The number of hydrogen-bond donors (Lipinski definition) is 2. The summed E-state index contributed by atoms with van der Waals surface area (Å²) < 4.78 is 26.3. The molecule has 0 saturated heterocycles. The maximum absolute atomic E-state index is 11.9. The molecule has 0 radical (unpaired) electrons. The lowest BCUT2D eigenvalue weighted by Gasteiger charge is -2.12. The van der Waals surface area contributed by atoms with Gasteiger partial charge < -0.3 is 5.73 Å². The van der Waals surface area contributed by atoms with Crippen molar-refractivity contribution in [3.05, 3.63) is 29.3 Å². The van der Waals surface area contributed by atoms with Crippen LogP contribution < -0.4 is 10.5 Å². The molecule has 0 aliphatic heterocycles. The Morgan fingerprint density at radius 3 is 2.47 bits per heavy atom. The van der Waals surface area contributed by atoms with Gasteiger partial charge in [0.15, 0.2) is 0 Å². The topological polar surface area (TPSA) is 72.2 Å². The standard InChI is InChI=1S/C11H15ClN2O2S/c12-9-3-5-10(6-4-9)17(15,16)14-7-11(13)8-1-2-8/h3-6,8,11,14H,1-2,7,13H2. The van der Waals surface area contributed by atoms with Crippen LogP contribution in [0.5, 0.6) is 0 Å². The minimum atomic E-state index is -3.47. The minimum Gasteiger partial charge on any atom is -0.326 e. The zero-order chi connectivity index (χ0) is 12.5. The molecule has 94 valence electrons. The van der Waals surface area contributed by atoms with E-state index in [1.807, 2.05) is 0 Å². The fourth-order valence-corrected chi connectivity index (χ4v) is 2.79. The number of hydrogen-bond acceptors (Lipinski definition) is 3. The first kappa shape index (κ1) is 12.8. The second-order valence-electron chi connectivity index (χ2n) is 4.31. The van der Waals surface area contributed by atoms with E-state index in [9.17, 15) is 8.42 Å². The van der Waals surface area contributed by atoms with Gasteiger partial charge in [-0.15, -0.1) is 0 Å². The lowest BCUT2D eigenvalue weighted by molar-refractivity contribution is 0.548. The van der Waals surface area contributed by atoms with Crippen molar-refractivity contribution in [1.29, 1.82) is 0 Å². The second-order valence-corrected chi connectivity index (χ2v) is 6.51.